The molecule has 0 N–H and O–H groups in total. The lowest BCUT2D eigenvalue weighted by Crippen LogP contribution is -2.10. The van der Waals surface area contributed by atoms with Gasteiger partial charge in [0, 0.05) is 82.4 Å². The normalized spacial score (nSPS) is 12.2. The quantitative estimate of drug-likeness (QED) is 0.171. The first kappa shape index (κ1) is 32.1. The molecule has 13 rings (SSSR count). The van der Waals surface area contributed by atoms with Crippen molar-refractivity contribution in [3.8, 4) is 11.1 Å². The molecular weight excluding hydrogens is 767 g/mol. The fraction of sp³-hybridized carbons (Fsp3) is 0. The van der Waals surface area contributed by atoms with Gasteiger partial charge in [0.2, 0.25) is 0 Å². The molecule has 0 atom stereocenters. The molecule has 5 heteroatoms. The van der Waals surface area contributed by atoms with E-state index in [2.05, 4.69) is 181 Å². The number of nitrogens with zero attached hydrogens (tertiary/aromatic N) is 1. The van der Waals surface area contributed by atoms with Crippen LogP contribution in [0.25, 0.3) is 103 Å². The maximum Gasteiger partial charge on any atom is 0.0640 e. The molecule has 0 saturated carbocycles. The lowest BCUT2D eigenvalue weighted by molar-refractivity contribution is 1.32. The number of hydrogen-bond donors (Lipinski definition) is 0. The van der Waals surface area contributed by atoms with E-state index in [1.165, 1.54) is 114 Å². The summed E-state index contributed by atoms with van der Waals surface area (Å²) in [5.74, 6) is 0. The van der Waals surface area contributed by atoms with Crippen molar-refractivity contribution in [1.29, 1.82) is 0 Å². The van der Waals surface area contributed by atoms with Crippen LogP contribution in [-0.4, -0.2) is 0 Å². The van der Waals surface area contributed by atoms with Crippen LogP contribution in [0.5, 0.6) is 0 Å². The summed E-state index contributed by atoms with van der Waals surface area (Å²) >= 11 is 7.58. The maximum atomic E-state index is 2.51. The molecule has 0 aliphatic rings. The van der Waals surface area contributed by atoms with Gasteiger partial charge in [0.25, 0.3) is 0 Å². The standard InChI is InChI=1S/C52H29NS4/c1-4-18-41-34(10-1)36-14-7-16-39(51(36)56-41)53(40-17-8-15-37-35-11-2-5-19-42(35)57-52(37)40)32-26-22-30(23-27-32)33-13-9-21-44-48(33)50-46(55-44)29-25-31-24-28-45-49(47(31)50)38-12-3-6-20-43(38)54-45/h1-29H. The predicted octanol–water partition coefficient (Wildman–Crippen LogP) is 17.4. The van der Waals surface area contributed by atoms with Gasteiger partial charge in [-0.05, 0) is 77.2 Å². The monoisotopic (exact) mass is 795 g/mol. The molecule has 0 aliphatic carbocycles. The minimum absolute atomic E-state index is 1.15. The molecule has 0 spiro atoms. The highest BCUT2D eigenvalue weighted by molar-refractivity contribution is 7.27. The molecule has 9 aromatic carbocycles. The first-order valence-electron chi connectivity index (χ1n) is 19.2. The molecule has 4 aromatic heterocycles. The van der Waals surface area contributed by atoms with Crippen LogP contribution in [0.2, 0.25) is 0 Å². The molecule has 0 bridgehead atoms. The van der Waals surface area contributed by atoms with Crippen molar-refractivity contribution in [2.24, 2.45) is 0 Å². The maximum absolute atomic E-state index is 2.51. The van der Waals surface area contributed by atoms with Crippen LogP contribution in [0.15, 0.2) is 176 Å². The Labute approximate surface area is 343 Å². The summed E-state index contributed by atoms with van der Waals surface area (Å²) in [6.45, 7) is 0. The summed E-state index contributed by atoms with van der Waals surface area (Å²) < 4.78 is 10.6. The van der Waals surface area contributed by atoms with Gasteiger partial charge in [0.05, 0.1) is 20.8 Å². The van der Waals surface area contributed by atoms with Crippen molar-refractivity contribution in [3.63, 3.8) is 0 Å². The van der Waals surface area contributed by atoms with Crippen LogP contribution in [-0.2, 0) is 0 Å². The average Bonchev–Trinajstić information content (AvgIpc) is 4.04. The van der Waals surface area contributed by atoms with E-state index in [-0.39, 0.29) is 0 Å². The highest BCUT2D eigenvalue weighted by Gasteiger charge is 2.22. The van der Waals surface area contributed by atoms with Crippen LogP contribution in [0.4, 0.5) is 17.1 Å². The Balaban J connectivity index is 1.05. The first-order chi connectivity index (χ1) is 28.3. The minimum atomic E-state index is 1.15. The van der Waals surface area contributed by atoms with Crippen LogP contribution in [0.3, 0.4) is 0 Å². The summed E-state index contributed by atoms with van der Waals surface area (Å²) in [4.78, 5) is 2.51. The second kappa shape index (κ2) is 12.2. The van der Waals surface area contributed by atoms with Crippen LogP contribution < -0.4 is 4.90 Å². The molecule has 0 aliphatic heterocycles. The van der Waals surface area contributed by atoms with Gasteiger partial charge in [-0.3, -0.25) is 0 Å². The SMILES string of the molecule is c1ccc2c(c1)sc1c(N(c3ccc(-c4cccc5sc6ccc7ccc8sc9ccccc9c8c7c6c45)cc3)c3cccc4c3sc3ccccc34)cccc12. The van der Waals surface area contributed by atoms with Gasteiger partial charge < -0.3 is 4.90 Å². The zero-order valence-electron chi connectivity index (χ0n) is 30.3. The van der Waals surface area contributed by atoms with E-state index in [0.29, 0.717) is 0 Å². The predicted molar refractivity (Wildman–Crippen MR) is 256 cm³/mol. The number of hydrogen-bond acceptors (Lipinski definition) is 5. The summed E-state index contributed by atoms with van der Waals surface area (Å²) in [6, 6.07) is 65.6. The third kappa shape index (κ3) is 4.66. The van der Waals surface area contributed by atoms with E-state index in [9.17, 15) is 0 Å². The molecule has 0 amide bonds. The third-order valence-electron chi connectivity index (χ3n) is 11.7. The zero-order valence-corrected chi connectivity index (χ0v) is 33.6. The number of benzene rings is 9. The minimum Gasteiger partial charge on any atom is -0.308 e. The van der Waals surface area contributed by atoms with Crippen LogP contribution in [0, 0.1) is 0 Å². The lowest BCUT2D eigenvalue weighted by atomic mass is 9.94. The molecule has 0 saturated heterocycles. The zero-order chi connectivity index (χ0) is 37.2. The Kier molecular flexibility index (Phi) is 6.87. The van der Waals surface area contributed by atoms with E-state index >= 15 is 0 Å². The van der Waals surface area contributed by atoms with E-state index < -0.39 is 0 Å². The molecule has 57 heavy (non-hydrogen) atoms. The number of fused-ring (bicyclic) bond motifs is 15. The van der Waals surface area contributed by atoms with Crippen LogP contribution in [0.1, 0.15) is 0 Å². The Hall–Kier alpha value is -6.08. The molecule has 266 valence electrons. The van der Waals surface area contributed by atoms with Crippen LogP contribution >= 0.6 is 45.3 Å². The van der Waals surface area contributed by atoms with E-state index in [4.69, 9.17) is 0 Å². The number of rotatable bonds is 4. The van der Waals surface area contributed by atoms with E-state index in [1.807, 2.05) is 45.3 Å². The average molecular weight is 796 g/mol. The van der Waals surface area contributed by atoms with Crippen molar-refractivity contribution in [3.05, 3.63) is 176 Å². The van der Waals surface area contributed by atoms with Crippen molar-refractivity contribution in [2.45, 2.75) is 0 Å². The van der Waals surface area contributed by atoms with Gasteiger partial charge in [-0.2, -0.15) is 0 Å². The lowest BCUT2D eigenvalue weighted by Gasteiger charge is -2.27. The first-order valence-corrected chi connectivity index (χ1v) is 22.4. The topological polar surface area (TPSA) is 3.24 Å². The summed E-state index contributed by atoms with van der Waals surface area (Å²) in [7, 11) is 0. The second-order valence-electron chi connectivity index (χ2n) is 14.7. The van der Waals surface area contributed by atoms with Gasteiger partial charge in [-0.25, -0.2) is 0 Å². The molecule has 1 nitrogen and oxygen atoms in total. The Morgan fingerprint density at radius 3 is 1.44 bits per heavy atom. The van der Waals surface area contributed by atoms with Crippen molar-refractivity contribution in [2.75, 3.05) is 4.90 Å². The summed E-state index contributed by atoms with van der Waals surface area (Å²) in [5.41, 5.74) is 6.06. The Bertz CT molecular complexity index is 3650. The van der Waals surface area contributed by atoms with Gasteiger partial charge >= 0.3 is 0 Å². The van der Waals surface area contributed by atoms with E-state index in [1.54, 1.807) is 0 Å². The second-order valence-corrected chi connectivity index (χ2v) is 19.0. The third-order valence-corrected chi connectivity index (χ3v) is 16.3. The van der Waals surface area contributed by atoms with Gasteiger partial charge in [-0.1, -0.05) is 115 Å². The van der Waals surface area contributed by atoms with Crippen molar-refractivity contribution < 1.29 is 0 Å². The molecular formula is C52H29NS4. The van der Waals surface area contributed by atoms with Gasteiger partial charge in [-0.15, -0.1) is 45.3 Å². The molecule has 0 unspecified atom stereocenters. The smallest absolute Gasteiger partial charge is 0.0640 e. The summed E-state index contributed by atoms with van der Waals surface area (Å²) in [6.07, 6.45) is 0. The van der Waals surface area contributed by atoms with Crippen molar-refractivity contribution in [1.82, 2.24) is 0 Å². The number of thiophene rings is 4. The summed E-state index contributed by atoms with van der Waals surface area (Å²) in [5, 5.41) is 13.3. The molecule has 0 fully saturated rings. The van der Waals surface area contributed by atoms with Gasteiger partial charge in [0.15, 0.2) is 0 Å². The Morgan fingerprint density at radius 2 is 0.789 bits per heavy atom. The highest BCUT2D eigenvalue weighted by Crippen LogP contribution is 2.51. The highest BCUT2D eigenvalue weighted by atomic mass is 32.1. The Morgan fingerprint density at radius 1 is 0.298 bits per heavy atom. The fourth-order valence-electron chi connectivity index (χ4n) is 9.19. The molecule has 4 heterocycles. The number of anilines is 3. The largest absolute Gasteiger partial charge is 0.308 e. The molecule has 13 aromatic rings. The fourth-order valence-corrected chi connectivity index (χ4v) is 13.9. The molecule has 0 radical (unpaired) electrons. The van der Waals surface area contributed by atoms with Gasteiger partial charge in [0.1, 0.15) is 0 Å². The van der Waals surface area contributed by atoms with E-state index in [0.717, 1.165) is 5.69 Å². The van der Waals surface area contributed by atoms with Crippen molar-refractivity contribution >= 4 is 154 Å².